The molecule has 1 fully saturated rings. The van der Waals surface area contributed by atoms with Gasteiger partial charge in [0.15, 0.2) is 0 Å². The third-order valence-electron chi connectivity index (χ3n) is 4.78. The first-order valence-corrected chi connectivity index (χ1v) is 8.47. The average Bonchev–Trinajstić information content (AvgIpc) is 2.57. The predicted octanol–water partition coefficient (Wildman–Crippen LogP) is 4.30. The van der Waals surface area contributed by atoms with Gasteiger partial charge in [-0.3, -0.25) is 9.69 Å². The third-order valence-corrected chi connectivity index (χ3v) is 4.78. The van der Waals surface area contributed by atoms with E-state index in [1.807, 2.05) is 36.1 Å². The zero-order valence-corrected chi connectivity index (χ0v) is 14.1. The summed E-state index contributed by atoms with van der Waals surface area (Å²) in [7, 11) is 0. The van der Waals surface area contributed by atoms with E-state index in [0.29, 0.717) is 18.5 Å². The van der Waals surface area contributed by atoms with Crippen LogP contribution >= 0.6 is 0 Å². The molecule has 0 radical (unpaired) electrons. The molecule has 0 aliphatic carbocycles. The first kappa shape index (κ1) is 17.5. The van der Waals surface area contributed by atoms with Gasteiger partial charge in [-0.1, -0.05) is 42.3 Å². The minimum absolute atomic E-state index is 0.306. The minimum Gasteiger partial charge on any atom is -0.480 e. The van der Waals surface area contributed by atoms with Gasteiger partial charge in [0.25, 0.3) is 0 Å². The lowest BCUT2D eigenvalue weighted by Gasteiger charge is -2.39. The van der Waals surface area contributed by atoms with Crippen molar-refractivity contribution in [2.75, 3.05) is 6.54 Å². The van der Waals surface area contributed by atoms with E-state index in [-0.39, 0.29) is 0 Å². The molecule has 1 heterocycles. The number of rotatable bonds is 4. The van der Waals surface area contributed by atoms with E-state index in [4.69, 9.17) is 0 Å². The number of hydrogen-bond donors (Lipinski definition) is 1. The average molecular weight is 345 g/mol. The second kappa shape index (κ2) is 7.31. The highest BCUT2D eigenvalue weighted by Crippen LogP contribution is 2.35. The van der Waals surface area contributed by atoms with E-state index >= 15 is 0 Å². The number of benzene rings is 2. The Kier molecular flexibility index (Phi) is 5.13. The van der Waals surface area contributed by atoms with Gasteiger partial charge in [-0.15, -0.1) is 0 Å². The van der Waals surface area contributed by atoms with Crippen molar-refractivity contribution in [1.82, 2.24) is 4.90 Å². The van der Waals surface area contributed by atoms with Crippen molar-refractivity contribution in [2.45, 2.75) is 38.3 Å². The number of hydrogen-bond acceptors (Lipinski definition) is 2. The van der Waals surface area contributed by atoms with Crippen LogP contribution in [-0.4, -0.2) is 28.6 Å². The summed E-state index contributed by atoms with van der Waals surface area (Å²) < 4.78 is 27.9. The number of carbonyl (C=O) groups is 1. The molecule has 1 saturated heterocycles. The lowest BCUT2D eigenvalue weighted by Crippen LogP contribution is -2.47. The van der Waals surface area contributed by atoms with Crippen LogP contribution in [0.15, 0.2) is 42.5 Å². The smallest absolute Gasteiger partial charge is 0.320 e. The van der Waals surface area contributed by atoms with Crippen LogP contribution in [0, 0.1) is 18.6 Å². The molecule has 3 nitrogen and oxygen atoms in total. The van der Waals surface area contributed by atoms with Gasteiger partial charge in [-0.25, -0.2) is 8.78 Å². The molecule has 5 heteroatoms. The van der Waals surface area contributed by atoms with Crippen molar-refractivity contribution >= 4 is 5.97 Å². The van der Waals surface area contributed by atoms with Gasteiger partial charge in [0.05, 0.1) is 6.04 Å². The number of carboxylic acid groups (broad SMARTS) is 1. The van der Waals surface area contributed by atoms with Crippen LogP contribution in [0.5, 0.6) is 0 Å². The zero-order chi connectivity index (χ0) is 18.0. The topological polar surface area (TPSA) is 40.5 Å². The molecule has 1 aliphatic rings. The van der Waals surface area contributed by atoms with Crippen molar-refractivity contribution in [3.05, 3.63) is 70.8 Å². The summed E-state index contributed by atoms with van der Waals surface area (Å²) in [6, 6.07) is 9.88. The lowest BCUT2D eigenvalue weighted by atomic mass is 9.91. The van der Waals surface area contributed by atoms with Crippen LogP contribution in [0.4, 0.5) is 8.78 Å². The Morgan fingerprint density at radius 2 is 2.00 bits per heavy atom. The number of aliphatic carboxylic acids is 1. The van der Waals surface area contributed by atoms with E-state index in [0.717, 1.165) is 30.0 Å². The van der Waals surface area contributed by atoms with Gasteiger partial charge in [-0.05, 0) is 37.9 Å². The molecule has 0 aromatic heterocycles. The molecule has 2 atom stereocenters. The second-order valence-corrected chi connectivity index (χ2v) is 6.57. The highest BCUT2D eigenvalue weighted by Gasteiger charge is 2.36. The van der Waals surface area contributed by atoms with Crippen LogP contribution < -0.4 is 0 Å². The van der Waals surface area contributed by atoms with Crippen molar-refractivity contribution in [3.63, 3.8) is 0 Å². The first-order valence-electron chi connectivity index (χ1n) is 8.47. The molecule has 0 saturated carbocycles. The van der Waals surface area contributed by atoms with E-state index in [1.54, 1.807) is 0 Å². The fraction of sp³-hybridized carbons (Fsp3) is 0.350. The van der Waals surface area contributed by atoms with Gasteiger partial charge in [-0.2, -0.15) is 0 Å². The Morgan fingerprint density at radius 1 is 1.20 bits per heavy atom. The minimum atomic E-state index is -0.903. The zero-order valence-electron chi connectivity index (χ0n) is 14.1. The standard InChI is InChI=1S/C20H21F2NO2/c1-13-5-4-6-14(11-13)19(16-9-8-15(21)12-17(16)22)23-10-3-2-7-18(23)20(24)25/h4-6,8-9,11-12,18-19H,2-3,7,10H2,1H3,(H,24,25). The summed E-state index contributed by atoms with van der Waals surface area (Å²) in [5.74, 6) is -2.20. The van der Waals surface area contributed by atoms with Gasteiger partial charge in [0, 0.05) is 11.6 Å². The molecule has 25 heavy (non-hydrogen) atoms. The maximum Gasteiger partial charge on any atom is 0.320 e. The fourth-order valence-electron chi connectivity index (χ4n) is 3.64. The number of likely N-dealkylation sites (tertiary alicyclic amines) is 1. The van der Waals surface area contributed by atoms with Crippen molar-refractivity contribution in [3.8, 4) is 0 Å². The SMILES string of the molecule is Cc1cccc(C(c2ccc(F)cc2F)N2CCCCC2C(=O)O)c1. The first-order chi connectivity index (χ1) is 12.0. The second-order valence-electron chi connectivity index (χ2n) is 6.57. The molecule has 2 aromatic carbocycles. The molecule has 2 aromatic rings. The van der Waals surface area contributed by atoms with Crippen LogP contribution in [0.1, 0.15) is 42.0 Å². The number of nitrogens with zero attached hydrogens (tertiary/aromatic N) is 1. The molecule has 0 spiro atoms. The van der Waals surface area contributed by atoms with Crippen LogP contribution in [0.3, 0.4) is 0 Å². The maximum absolute atomic E-state index is 14.6. The van der Waals surface area contributed by atoms with Crippen LogP contribution in [0.2, 0.25) is 0 Å². The highest BCUT2D eigenvalue weighted by molar-refractivity contribution is 5.73. The van der Waals surface area contributed by atoms with Gasteiger partial charge in [0.1, 0.15) is 17.7 Å². The molecular formula is C20H21F2NO2. The molecular weight excluding hydrogens is 324 g/mol. The third kappa shape index (κ3) is 3.71. The molecule has 2 unspecified atom stereocenters. The monoisotopic (exact) mass is 345 g/mol. The Morgan fingerprint density at radius 3 is 2.68 bits per heavy atom. The maximum atomic E-state index is 14.6. The predicted molar refractivity (Wildman–Crippen MR) is 91.4 cm³/mol. The summed E-state index contributed by atoms with van der Waals surface area (Å²) in [4.78, 5) is 13.6. The van der Waals surface area contributed by atoms with Gasteiger partial charge < -0.3 is 5.11 Å². The van der Waals surface area contributed by atoms with E-state index in [1.165, 1.54) is 12.1 Å². The van der Waals surface area contributed by atoms with E-state index in [9.17, 15) is 18.7 Å². The fourth-order valence-corrected chi connectivity index (χ4v) is 3.64. The number of carboxylic acids is 1. The molecule has 1 aliphatic heterocycles. The van der Waals surface area contributed by atoms with Crippen molar-refractivity contribution < 1.29 is 18.7 Å². The number of aryl methyl sites for hydroxylation is 1. The summed E-state index contributed by atoms with van der Waals surface area (Å²) in [5, 5.41) is 9.62. The summed E-state index contributed by atoms with van der Waals surface area (Å²) in [6.45, 7) is 2.50. The molecule has 3 rings (SSSR count). The Labute approximate surface area is 145 Å². The normalized spacial score (nSPS) is 19.6. The Balaban J connectivity index is 2.12. The Bertz CT molecular complexity index is 778. The molecule has 0 amide bonds. The van der Waals surface area contributed by atoms with Crippen LogP contribution in [0.25, 0.3) is 0 Å². The van der Waals surface area contributed by atoms with Gasteiger partial charge in [0.2, 0.25) is 0 Å². The summed E-state index contributed by atoms with van der Waals surface area (Å²) in [6.07, 6.45) is 2.22. The quantitative estimate of drug-likeness (QED) is 0.898. The summed E-state index contributed by atoms with van der Waals surface area (Å²) >= 11 is 0. The summed E-state index contributed by atoms with van der Waals surface area (Å²) in [5.41, 5.74) is 2.13. The highest BCUT2D eigenvalue weighted by atomic mass is 19.1. The Hall–Kier alpha value is -2.27. The number of piperidine rings is 1. The van der Waals surface area contributed by atoms with E-state index in [2.05, 4.69) is 0 Å². The lowest BCUT2D eigenvalue weighted by molar-refractivity contribution is -0.145. The van der Waals surface area contributed by atoms with Gasteiger partial charge >= 0.3 is 5.97 Å². The molecule has 1 N–H and O–H groups in total. The molecule has 0 bridgehead atoms. The van der Waals surface area contributed by atoms with E-state index < -0.39 is 29.7 Å². The largest absolute Gasteiger partial charge is 0.480 e. The van der Waals surface area contributed by atoms with Crippen molar-refractivity contribution in [2.24, 2.45) is 0 Å². The molecule has 132 valence electrons. The van der Waals surface area contributed by atoms with Crippen LogP contribution in [-0.2, 0) is 4.79 Å². The van der Waals surface area contributed by atoms with Crippen molar-refractivity contribution in [1.29, 1.82) is 0 Å². The number of halogens is 2.